The highest BCUT2D eigenvalue weighted by Crippen LogP contribution is 2.06. The summed E-state index contributed by atoms with van der Waals surface area (Å²) in [6, 6.07) is 0. The van der Waals surface area contributed by atoms with Crippen LogP contribution in [0.5, 0.6) is 0 Å². The van der Waals surface area contributed by atoms with Crippen molar-refractivity contribution in [3.05, 3.63) is 0 Å². The molecule has 0 aliphatic heterocycles. The van der Waals surface area contributed by atoms with Crippen LogP contribution in [-0.4, -0.2) is 12.8 Å². The van der Waals surface area contributed by atoms with Crippen molar-refractivity contribution < 1.29 is 13.9 Å². The van der Waals surface area contributed by atoms with Gasteiger partial charge in [0, 0.05) is 5.92 Å². The average Bonchev–Trinajstić information content (AvgIpc) is 1.84. The molecule has 0 aromatic heterocycles. The maximum absolute atomic E-state index is 11.6. The van der Waals surface area contributed by atoms with Crippen molar-refractivity contribution in [2.45, 2.75) is 20.0 Å². The molecule has 0 amide bonds. The van der Waals surface area contributed by atoms with Crippen LogP contribution in [0, 0.1) is 5.92 Å². The van der Waals surface area contributed by atoms with Crippen LogP contribution in [0.1, 0.15) is 13.8 Å². The molecule has 8 heavy (non-hydrogen) atoms. The molecule has 0 aromatic carbocycles. The first-order chi connectivity index (χ1) is 3.72. The highest BCUT2D eigenvalue weighted by molar-refractivity contribution is 4.56. The van der Waals surface area contributed by atoms with Crippen molar-refractivity contribution in [3.8, 4) is 0 Å². The topological polar surface area (TPSA) is 9.23 Å². The minimum atomic E-state index is -0.625. The van der Waals surface area contributed by atoms with Crippen LogP contribution >= 0.6 is 0 Å². The maximum atomic E-state index is 11.6. The summed E-state index contributed by atoms with van der Waals surface area (Å²) >= 11 is 0. The predicted octanol–water partition coefficient (Wildman–Crippen LogP) is 1.88. The van der Waals surface area contributed by atoms with Crippen molar-refractivity contribution in [2.24, 2.45) is 5.92 Å². The van der Waals surface area contributed by atoms with Crippen molar-refractivity contribution >= 4 is 0 Å². The zero-order chi connectivity index (χ0) is 6.57. The van der Waals surface area contributed by atoms with Crippen molar-refractivity contribution in [3.63, 3.8) is 0 Å². The van der Waals surface area contributed by atoms with Crippen LogP contribution in [0.25, 0.3) is 0 Å². The molecule has 50 valence electrons. The van der Waals surface area contributed by atoms with Crippen LogP contribution in [0.4, 0.5) is 8.92 Å². The summed E-state index contributed by atoms with van der Waals surface area (Å²) in [6.07, 6.45) is -0.625. The minimum Gasteiger partial charge on any atom is -0.251 e. The van der Waals surface area contributed by atoms with E-state index in [-0.39, 0.29) is 5.92 Å². The van der Waals surface area contributed by atoms with Gasteiger partial charge in [-0.1, -0.05) is 6.92 Å². The quantitative estimate of drug-likeness (QED) is 0.558. The Kier molecular flexibility index (Phi) is 3.69. The van der Waals surface area contributed by atoms with Gasteiger partial charge in [-0.15, -0.1) is 0 Å². The molecule has 0 bridgehead atoms. The Labute approximate surface area is 47.5 Å². The third-order valence-electron chi connectivity index (χ3n) is 1.19. The van der Waals surface area contributed by atoms with Gasteiger partial charge in [-0.3, -0.25) is 4.39 Å². The lowest BCUT2D eigenvalue weighted by molar-refractivity contribution is -0.188. The number of rotatable bonds is 3. The molecule has 2 unspecified atom stereocenters. The van der Waals surface area contributed by atoms with E-state index in [0.29, 0.717) is 0 Å². The highest BCUT2D eigenvalue weighted by Gasteiger charge is 2.11. The van der Waals surface area contributed by atoms with E-state index in [1.165, 1.54) is 6.92 Å². The second-order valence-electron chi connectivity index (χ2n) is 1.93. The summed E-state index contributed by atoms with van der Waals surface area (Å²) < 4.78 is 22.7. The molecule has 0 aromatic rings. The molecule has 0 saturated carbocycles. The fraction of sp³-hybridized carbons (Fsp3) is 1.00. The first kappa shape index (κ1) is 7.82. The van der Waals surface area contributed by atoms with E-state index in [1.54, 1.807) is 6.92 Å². The molecule has 0 aliphatic carbocycles. The van der Waals surface area contributed by atoms with Gasteiger partial charge in [0.1, 0.15) is 6.10 Å². The molecule has 1 nitrogen and oxygen atoms in total. The lowest BCUT2D eigenvalue weighted by atomic mass is 10.1. The summed E-state index contributed by atoms with van der Waals surface area (Å²) in [7, 11) is 0. The summed E-state index contributed by atoms with van der Waals surface area (Å²) in [4.78, 5) is 3.36. The van der Waals surface area contributed by atoms with E-state index in [9.17, 15) is 8.92 Å². The third-order valence-corrected chi connectivity index (χ3v) is 1.19. The molecule has 2 atom stereocenters. The van der Waals surface area contributed by atoms with Gasteiger partial charge in [-0.2, -0.15) is 4.94 Å². The normalized spacial score (nSPS) is 18.0. The number of halogens is 2. The van der Waals surface area contributed by atoms with E-state index in [2.05, 4.69) is 4.94 Å². The smallest absolute Gasteiger partial charge is 0.101 e. The molecule has 0 rings (SSSR count). The Bertz CT molecular complexity index is 50.4. The van der Waals surface area contributed by atoms with Crippen LogP contribution < -0.4 is 0 Å². The molecular formula is C5H10F2O. The minimum absolute atomic E-state index is 0.347. The van der Waals surface area contributed by atoms with Crippen molar-refractivity contribution in [1.82, 2.24) is 0 Å². The molecule has 0 fully saturated rings. The van der Waals surface area contributed by atoms with Crippen LogP contribution in [0.15, 0.2) is 0 Å². The Morgan fingerprint density at radius 1 is 1.50 bits per heavy atom. The standard InChI is InChI=1S/C5H10F2O/c1-4(3-6)5(2)8-7/h4-5H,3H2,1-2H3. The van der Waals surface area contributed by atoms with Crippen molar-refractivity contribution in [2.75, 3.05) is 6.67 Å². The average molecular weight is 124 g/mol. The van der Waals surface area contributed by atoms with Gasteiger partial charge in [-0.05, 0) is 11.4 Å². The molecular weight excluding hydrogens is 114 g/mol. The number of alkyl halides is 1. The summed E-state index contributed by atoms with van der Waals surface area (Å²) in [5, 5.41) is 0. The van der Waals surface area contributed by atoms with E-state index < -0.39 is 12.8 Å². The Balaban J connectivity index is 3.29. The fourth-order valence-corrected chi connectivity index (χ4v) is 0.213. The molecule has 0 aliphatic rings. The Hall–Kier alpha value is -0.180. The first-order valence-electron chi connectivity index (χ1n) is 2.55. The molecule has 0 radical (unpaired) electrons. The van der Waals surface area contributed by atoms with Gasteiger partial charge < -0.3 is 0 Å². The van der Waals surface area contributed by atoms with Gasteiger partial charge >= 0.3 is 0 Å². The predicted molar refractivity (Wildman–Crippen MR) is 26.8 cm³/mol. The lowest BCUT2D eigenvalue weighted by Crippen LogP contribution is -2.15. The summed E-state index contributed by atoms with van der Waals surface area (Å²) in [6.45, 7) is 2.54. The van der Waals surface area contributed by atoms with Gasteiger partial charge in [0.2, 0.25) is 0 Å². The van der Waals surface area contributed by atoms with E-state index >= 15 is 0 Å². The van der Waals surface area contributed by atoms with Crippen LogP contribution in [0.3, 0.4) is 0 Å². The molecule has 0 N–H and O–H groups in total. The Morgan fingerprint density at radius 3 is 2.12 bits per heavy atom. The Morgan fingerprint density at radius 2 is 2.00 bits per heavy atom. The van der Waals surface area contributed by atoms with Crippen LogP contribution in [0.2, 0.25) is 0 Å². The summed E-state index contributed by atoms with van der Waals surface area (Å²) in [5.41, 5.74) is 0. The summed E-state index contributed by atoms with van der Waals surface area (Å²) in [5.74, 6) is -0.347. The molecule has 3 heteroatoms. The molecule has 0 spiro atoms. The monoisotopic (exact) mass is 124 g/mol. The van der Waals surface area contributed by atoms with Gasteiger partial charge in [-0.25, -0.2) is 0 Å². The van der Waals surface area contributed by atoms with Gasteiger partial charge in [0.15, 0.2) is 0 Å². The second kappa shape index (κ2) is 3.78. The van der Waals surface area contributed by atoms with Gasteiger partial charge in [0.25, 0.3) is 0 Å². The third kappa shape index (κ3) is 2.21. The van der Waals surface area contributed by atoms with Crippen LogP contribution in [-0.2, 0) is 4.94 Å². The zero-order valence-corrected chi connectivity index (χ0v) is 5.03. The maximum Gasteiger partial charge on any atom is 0.101 e. The number of hydrogen-bond donors (Lipinski definition) is 0. The fourth-order valence-electron chi connectivity index (χ4n) is 0.213. The molecule has 0 heterocycles. The molecule has 0 saturated heterocycles. The SMILES string of the molecule is CC(CF)C(C)OF. The van der Waals surface area contributed by atoms with Crippen molar-refractivity contribution in [1.29, 1.82) is 0 Å². The highest BCUT2D eigenvalue weighted by atomic mass is 19.3. The largest absolute Gasteiger partial charge is 0.251 e. The number of hydrogen-bond acceptors (Lipinski definition) is 1. The first-order valence-corrected chi connectivity index (χ1v) is 2.55. The van der Waals surface area contributed by atoms with E-state index in [4.69, 9.17) is 0 Å². The zero-order valence-electron chi connectivity index (χ0n) is 5.03. The van der Waals surface area contributed by atoms with E-state index in [0.717, 1.165) is 0 Å². The second-order valence-corrected chi connectivity index (χ2v) is 1.93. The van der Waals surface area contributed by atoms with Gasteiger partial charge in [0.05, 0.1) is 6.67 Å². The van der Waals surface area contributed by atoms with E-state index in [1.807, 2.05) is 0 Å². The lowest BCUT2D eigenvalue weighted by Gasteiger charge is -2.09.